The van der Waals surface area contributed by atoms with Crippen LogP contribution in [-0.4, -0.2) is 26.4 Å². The summed E-state index contributed by atoms with van der Waals surface area (Å²) >= 11 is 1.45. The van der Waals surface area contributed by atoms with Crippen LogP contribution in [0.2, 0.25) is 0 Å². The summed E-state index contributed by atoms with van der Waals surface area (Å²) in [6.45, 7) is 2.93. The van der Waals surface area contributed by atoms with E-state index in [0.717, 1.165) is 34.0 Å². The van der Waals surface area contributed by atoms with Gasteiger partial charge in [-0.1, -0.05) is 48.2 Å². The summed E-state index contributed by atoms with van der Waals surface area (Å²) < 4.78 is 2.13. The number of benzene rings is 2. The topological polar surface area (TPSA) is 59.8 Å². The standard InChI is InChI=1S/C19H20N4OS/c1-2-23-18(14-10-11-14)21-22-19(23)25-12-17(24)20-16-9-5-7-13-6-3-4-8-15(13)16/h3-9,14H,2,10-12H2,1H3,(H,20,24). The number of amides is 1. The lowest BCUT2D eigenvalue weighted by molar-refractivity contribution is -0.113. The Morgan fingerprint density at radius 1 is 1.20 bits per heavy atom. The molecule has 128 valence electrons. The summed E-state index contributed by atoms with van der Waals surface area (Å²) in [5.74, 6) is 1.93. The summed E-state index contributed by atoms with van der Waals surface area (Å²) in [7, 11) is 0. The molecule has 0 saturated heterocycles. The van der Waals surface area contributed by atoms with E-state index in [-0.39, 0.29) is 5.91 Å². The third-order valence-electron chi connectivity index (χ3n) is 4.40. The summed E-state index contributed by atoms with van der Waals surface area (Å²) in [6.07, 6.45) is 2.40. The van der Waals surface area contributed by atoms with Gasteiger partial charge in [-0.3, -0.25) is 4.79 Å². The average Bonchev–Trinajstić information content (AvgIpc) is 3.40. The van der Waals surface area contributed by atoms with Gasteiger partial charge in [0.05, 0.1) is 5.75 Å². The molecule has 6 heteroatoms. The molecule has 2 aromatic carbocycles. The molecule has 1 amide bonds. The Morgan fingerprint density at radius 3 is 2.80 bits per heavy atom. The van der Waals surface area contributed by atoms with Crippen molar-refractivity contribution in [2.45, 2.75) is 37.4 Å². The number of carbonyl (C=O) groups excluding carboxylic acids is 1. The minimum Gasteiger partial charge on any atom is -0.325 e. The number of hydrogen-bond donors (Lipinski definition) is 1. The number of thioether (sulfide) groups is 1. The van der Waals surface area contributed by atoms with Crippen molar-refractivity contribution in [3.8, 4) is 0 Å². The van der Waals surface area contributed by atoms with Crippen LogP contribution in [0.4, 0.5) is 5.69 Å². The maximum Gasteiger partial charge on any atom is 0.234 e. The third kappa shape index (κ3) is 3.39. The van der Waals surface area contributed by atoms with Crippen LogP contribution in [0.15, 0.2) is 47.6 Å². The normalized spacial score (nSPS) is 14.0. The van der Waals surface area contributed by atoms with Crippen molar-refractivity contribution in [2.75, 3.05) is 11.1 Å². The fourth-order valence-corrected chi connectivity index (χ4v) is 3.81. The second-order valence-corrected chi connectivity index (χ2v) is 7.17. The van der Waals surface area contributed by atoms with Crippen LogP contribution in [0.25, 0.3) is 10.8 Å². The van der Waals surface area contributed by atoms with Gasteiger partial charge in [0.25, 0.3) is 0 Å². The minimum atomic E-state index is -0.0278. The maximum atomic E-state index is 12.4. The molecule has 25 heavy (non-hydrogen) atoms. The van der Waals surface area contributed by atoms with E-state index in [0.29, 0.717) is 11.7 Å². The average molecular weight is 352 g/mol. The van der Waals surface area contributed by atoms with Crippen LogP contribution < -0.4 is 5.32 Å². The van der Waals surface area contributed by atoms with Gasteiger partial charge in [-0.25, -0.2) is 0 Å². The van der Waals surface area contributed by atoms with Gasteiger partial charge >= 0.3 is 0 Å². The van der Waals surface area contributed by atoms with Crippen molar-refractivity contribution in [3.05, 3.63) is 48.3 Å². The van der Waals surface area contributed by atoms with Gasteiger partial charge in [0.1, 0.15) is 5.82 Å². The van der Waals surface area contributed by atoms with Gasteiger partial charge < -0.3 is 9.88 Å². The molecule has 1 N–H and O–H groups in total. The zero-order chi connectivity index (χ0) is 17.2. The number of nitrogens with zero attached hydrogens (tertiary/aromatic N) is 3. The number of carbonyl (C=O) groups is 1. The van der Waals surface area contributed by atoms with E-state index < -0.39 is 0 Å². The smallest absolute Gasteiger partial charge is 0.234 e. The van der Waals surface area contributed by atoms with E-state index >= 15 is 0 Å². The van der Waals surface area contributed by atoms with Crippen molar-refractivity contribution in [1.29, 1.82) is 0 Å². The second kappa shape index (κ2) is 6.88. The highest BCUT2D eigenvalue weighted by Crippen LogP contribution is 2.40. The zero-order valence-electron chi connectivity index (χ0n) is 14.1. The predicted octanol–water partition coefficient (Wildman–Crippen LogP) is 4.06. The predicted molar refractivity (Wildman–Crippen MR) is 101 cm³/mol. The lowest BCUT2D eigenvalue weighted by Gasteiger charge is -2.09. The van der Waals surface area contributed by atoms with Crippen LogP contribution in [0.1, 0.15) is 31.5 Å². The van der Waals surface area contributed by atoms with Crippen LogP contribution in [0.5, 0.6) is 0 Å². The summed E-state index contributed by atoms with van der Waals surface area (Å²) in [6, 6.07) is 14.0. The molecular weight excluding hydrogens is 332 g/mol. The van der Waals surface area contributed by atoms with Gasteiger partial charge in [-0.2, -0.15) is 0 Å². The van der Waals surface area contributed by atoms with E-state index in [1.165, 1.54) is 24.6 Å². The van der Waals surface area contributed by atoms with Crippen LogP contribution in [0, 0.1) is 0 Å². The molecule has 0 atom stereocenters. The van der Waals surface area contributed by atoms with Gasteiger partial charge in [0.2, 0.25) is 5.91 Å². The molecule has 1 heterocycles. The molecule has 5 nitrogen and oxygen atoms in total. The largest absolute Gasteiger partial charge is 0.325 e. The number of nitrogens with one attached hydrogen (secondary N) is 1. The lowest BCUT2D eigenvalue weighted by atomic mass is 10.1. The van der Waals surface area contributed by atoms with Crippen LogP contribution in [-0.2, 0) is 11.3 Å². The Kier molecular flexibility index (Phi) is 4.44. The molecule has 0 aliphatic heterocycles. The summed E-state index contributed by atoms with van der Waals surface area (Å²) in [4.78, 5) is 12.4. The van der Waals surface area contributed by atoms with Gasteiger partial charge in [0, 0.05) is 23.5 Å². The number of rotatable bonds is 6. The van der Waals surface area contributed by atoms with Crippen molar-refractivity contribution < 1.29 is 4.79 Å². The first-order valence-corrected chi connectivity index (χ1v) is 9.58. The first kappa shape index (κ1) is 16.1. The van der Waals surface area contributed by atoms with Crippen LogP contribution in [0.3, 0.4) is 0 Å². The van der Waals surface area contributed by atoms with Crippen LogP contribution >= 0.6 is 11.8 Å². The molecule has 1 aliphatic carbocycles. The molecule has 0 spiro atoms. The molecular formula is C19H20N4OS. The highest BCUT2D eigenvalue weighted by atomic mass is 32.2. The maximum absolute atomic E-state index is 12.4. The Labute approximate surface area is 150 Å². The van der Waals surface area contributed by atoms with E-state index in [2.05, 4.69) is 27.0 Å². The molecule has 1 saturated carbocycles. The van der Waals surface area contributed by atoms with Gasteiger partial charge in [0.15, 0.2) is 5.16 Å². The third-order valence-corrected chi connectivity index (χ3v) is 5.37. The van der Waals surface area contributed by atoms with E-state index in [9.17, 15) is 4.79 Å². The fraction of sp³-hybridized carbons (Fsp3) is 0.316. The second-order valence-electron chi connectivity index (χ2n) is 6.22. The van der Waals surface area contributed by atoms with Crippen molar-refractivity contribution >= 4 is 34.1 Å². The highest BCUT2D eigenvalue weighted by Gasteiger charge is 2.30. The number of fused-ring (bicyclic) bond motifs is 1. The van der Waals surface area contributed by atoms with Gasteiger partial charge in [-0.05, 0) is 31.2 Å². The number of anilines is 1. The minimum absolute atomic E-state index is 0.0278. The number of aromatic nitrogens is 3. The van der Waals surface area contributed by atoms with Crippen molar-refractivity contribution in [1.82, 2.24) is 14.8 Å². The quantitative estimate of drug-likeness (QED) is 0.680. The molecule has 3 aromatic rings. The highest BCUT2D eigenvalue weighted by molar-refractivity contribution is 7.99. The monoisotopic (exact) mass is 352 g/mol. The molecule has 1 aromatic heterocycles. The fourth-order valence-electron chi connectivity index (χ4n) is 3.00. The molecule has 0 bridgehead atoms. The van der Waals surface area contributed by atoms with E-state index in [4.69, 9.17) is 0 Å². The SMILES string of the molecule is CCn1c(SCC(=O)Nc2cccc3ccccc23)nnc1C1CC1. The first-order valence-electron chi connectivity index (χ1n) is 8.59. The Morgan fingerprint density at radius 2 is 2.00 bits per heavy atom. The first-order chi connectivity index (χ1) is 12.3. The van der Waals surface area contributed by atoms with Crippen molar-refractivity contribution in [2.24, 2.45) is 0 Å². The van der Waals surface area contributed by atoms with E-state index in [1.54, 1.807) is 0 Å². The lowest BCUT2D eigenvalue weighted by Crippen LogP contribution is -2.15. The Bertz CT molecular complexity index is 911. The molecule has 1 fully saturated rings. The Balaban J connectivity index is 1.44. The molecule has 4 rings (SSSR count). The zero-order valence-corrected chi connectivity index (χ0v) is 14.9. The Hall–Kier alpha value is -2.34. The summed E-state index contributed by atoms with van der Waals surface area (Å²) in [5, 5.41) is 14.6. The molecule has 0 unspecified atom stereocenters. The van der Waals surface area contributed by atoms with E-state index in [1.807, 2.05) is 42.5 Å². The van der Waals surface area contributed by atoms with Gasteiger partial charge in [-0.15, -0.1) is 10.2 Å². The summed E-state index contributed by atoms with van der Waals surface area (Å²) in [5.41, 5.74) is 0.847. The molecule has 0 radical (unpaired) electrons. The molecule has 1 aliphatic rings. The number of hydrogen-bond acceptors (Lipinski definition) is 4. The van der Waals surface area contributed by atoms with Crippen molar-refractivity contribution in [3.63, 3.8) is 0 Å².